The number of ether oxygens (including phenoxy) is 1. The molecule has 5 nitrogen and oxygen atoms in total. The van der Waals surface area contributed by atoms with Crippen molar-refractivity contribution in [3.63, 3.8) is 0 Å². The summed E-state index contributed by atoms with van der Waals surface area (Å²) in [6, 6.07) is 11.4. The van der Waals surface area contributed by atoms with Crippen molar-refractivity contribution in [2.24, 2.45) is 0 Å². The van der Waals surface area contributed by atoms with Crippen molar-refractivity contribution < 1.29 is 9.53 Å². The van der Waals surface area contributed by atoms with Crippen molar-refractivity contribution in [3.05, 3.63) is 53.7 Å². The average Bonchev–Trinajstić information content (AvgIpc) is 3.13. The number of carbonyl (C=O) groups excluding carboxylic acids is 1. The topological polar surface area (TPSA) is 64.1 Å². The number of benzene rings is 1. The van der Waals surface area contributed by atoms with Crippen LogP contribution in [-0.4, -0.2) is 28.7 Å². The Morgan fingerprint density at radius 2 is 2.04 bits per heavy atom. The van der Waals surface area contributed by atoms with E-state index < -0.39 is 0 Å². The highest BCUT2D eigenvalue weighted by atomic mass is 32.2. The van der Waals surface area contributed by atoms with Crippen LogP contribution in [0, 0.1) is 0 Å². The van der Waals surface area contributed by atoms with E-state index in [9.17, 15) is 4.79 Å². The van der Waals surface area contributed by atoms with E-state index >= 15 is 0 Å². The number of anilines is 1. The minimum absolute atomic E-state index is 0.243. The molecule has 1 N–H and O–H groups in total. The van der Waals surface area contributed by atoms with Crippen LogP contribution in [0.1, 0.15) is 17.4 Å². The molecule has 0 spiro atoms. The van der Waals surface area contributed by atoms with E-state index in [1.54, 1.807) is 23.3 Å². The second kappa shape index (κ2) is 8.13. The fourth-order valence-corrected chi connectivity index (χ4v) is 3.31. The van der Waals surface area contributed by atoms with Gasteiger partial charge in [0, 0.05) is 10.9 Å². The smallest absolute Gasteiger partial charge is 0.275 e. The Kier molecular flexibility index (Phi) is 5.67. The van der Waals surface area contributed by atoms with Gasteiger partial charge in [-0.1, -0.05) is 0 Å². The first kappa shape index (κ1) is 17.4. The molecule has 0 fully saturated rings. The predicted octanol–water partition coefficient (Wildman–Crippen LogP) is 4.58. The number of hydrogen-bond acceptors (Lipinski definition) is 6. The lowest BCUT2D eigenvalue weighted by atomic mass is 10.2. The van der Waals surface area contributed by atoms with Crippen LogP contribution in [0.5, 0.6) is 5.75 Å². The Morgan fingerprint density at radius 3 is 2.68 bits per heavy atom. The van der Waals surface area contributed by atoms with E-state index in [4.69, 9.17) is 4.74 Å². The zero-order valence-electron chi connectivity index (χ0n) is 13.9. The first-order valence-electron chi connectivity index (χ1n) is 7.69. The van der Waals surface area contributed by atoms with Gasteiger partial charge in [-0.05, 0) is 49.6 Å². The van der Waals surface area contributed by atoms with Gasteiger partial charge < -0.3 is 10.1 Å². The number of thiazole rings is 1. The van der Waals surface area contributed by atoms with Crippen LogP contribution in [0.15, 0.2) is 53.0 Å². The maximum Gasteiger partial charge on any atom is 0.275 e. The molecule has 3 aromatic rings. The van der Waals surface area contributed by atoms with Gasteiger partial charge in [0.15, 0.2) is 0 Å². The molecule has 0 atom stereocenters. The minimum Gasteiger partial charge on any atom is -0.494 e. The number of rotatable bonds is 6. The summed E-state index contributed by atoms with van der Waals surface area (Å²) in [6.07, 6.45) is 3.60. The number of hydrogen-bond donors (Lipinski definition) is 1. The quantitative estimate of drug-likeness (QED) is 0.643. The van der Waals surface area contributed by atoms with Gasteiger partial charge in [-0.3, -0.25) is 4.79 Å². The van der Waals surface area contributed by atoms with Gasteiger partial charge in [0.05, 0.1) is 23.5 Å². The summed E-state index contributed by atoms with van der Waals surface area (Å²) in [5.74, 6) is 0.578. The van der Waals surface area contributed by atoms with Crippen LogP contribution in [0.3, 0.4) is 0 Å². The fraction of sp³-hybridized carbons (Fsp3) is 0.167. The summed E-state index contributed by atoms with van der Waals surface area (Å²) in [5, 5.41) is 6.27. The second-order valence-corrected chi connectivity index (χ2v) is 6.72. The molecule has 0 bridgehead atoms. The van der Waals surface area contributed by atoms with Crippen LogP contribution >= 0.6 is 23.1 Å². The summed E-state index contributed by atoms with van der Waals surface area (Å²) in [7, 11) is 0. The molecule has 0 unspecified atom stereocenters. The van der Waals surface area contributed by atoms with Gasteiger partial charge in [-0.15, -0.1) is 23.1 Å². The number of aromatic nitrogens is 2. The lowest BCUT2D eigenvalue weighted by Crippen LogP contribution is -2.12. The first-order valence-corrected chi connectivity index (χ1v) is 9.80. The first-order chi connectivity index (χ1) is 12.2. The zero-order chi connectivity index (χ0) is 17.6. The Hall–Kier alpha value is -2.38. The molecule has 2 aromatic heterocycles. The van der Waals surface area contributed by atoms with Gasteiger partial charge in [-0.25, -0.2) is 9.97 Å². The number of nitrogens with one attached hydrogen (secondary N) is 1. The van der Waals surface area contributed by atoms with Crippen molar-refractivity contribution in [2.45, 2.75) is 11.9 Å². The van der Waals surface area contributed by atoms with E-state index in [0.29, 0.717) is 18.0 Å². The number of carbonyl (C=O) groups is 1. The van der Waals surface area contributed by atoms with Crippen LogP contribution in [-0.2, 0) is 0 Å². The zero-order valence-corrected chi connectivity index (χ0v) is 15.5. The molecule has 0 radical (unpaired) electrons. The van der Waals surface area contributed by atoms with Crippen LogP contribution in [0.25, 0.3) is 10.6 Å². The van der Waals surface area contributed by atoms with Crippen molar-refractivity contribution >= 4 is 34.7 Å². The number of pyridine rings is 1. The molecule has 25 heavy (non-hydrogen) atoms. The molecule has 0 saturated carbocycles. The van der Waals surface area contributed by atoms with E-state index in [2.05, 4.69) is 15.3 Å². The SMILES string of the molecule is CCOc1ccc(-c2nc(C(=O)Nc3ccc(SC)nc3)cs2)cc1. The van der Waals surface area contributed by atoms with Gasteiger partial charge in [0.1, 0.15) is 16.5 Å². The summed E-state index contributed by atoms with van der Waals surface area (Å²) >= 11 is 2.99. The third-order valence-corrected chi connectivity index (χ3v) is 4.90. The standard InChI is InChI=1S/C18H17N3O2S2/c1-3-23-14-7-4-12(5-8-14)18-21-15(11-25-18)17(22)20-13-6-9-16(24-2)19-10-13/h4-11H,3H2,1-2H3,(H,20,22). The molecule has 1 amide bonds. The number of nitrogens with zero attached hydrogens (tertiary/aromatic N) is 2. The highest BCUT2D eigenvalue weighted by Gasteiger charge is 2.12. The number of thioether (sulfide) groups is 1. The van der Waals surface area contributed by atoms with E-state index in [1.807, 2.05) is 49.6 Å². The molecule has 3 rings (SSSR count). The van der Waals surface area contributed by atoms with Crippen LogP contribution < -0.4 is 10.1 Å². The lowest BCUT2D eigenvalue weighted by molar-refractivity contribution is 0.102. The van der Waals surface area contributed by atoms with E-state index in [1.165, 1.54) is 11.3 Å². The predicted molar refractivity (Wildman–Crippen MR) is 103 cm³/mol. The Bertz CT molecular complexity index is 846. The fourth-order valence-electron chi connectivity index (χ4n) is 2.14. The van der Waals surface area contributed by atoms with Gasteiger partial charge in [0.25, 0.3) is 5.91 Å². The summed E-state index contributed by atoms with van der Waals surface area (Å²) in [5.41, 5.74) is 2.00. The van der Waals surface area contributed by atoms with Crippen LogP contribution in [0.2, 0.25) is 0 Å². The largest absolute Gasteiger partial charge is 0.494 e. The van der Waals surface area contributed by atoms with Crippen molar-refractivity contribution in [3.8, 4) is 16.3 Å². The molecule has 7 heteroatoms. The van der Waals surface area contributed by atoms with Crippen molar-refractivity contribution in [1.29, 1.82) is 0 Å². The molecule has 0 aliphatic heterocycles. The van der Waals surface area contributed by atoms with E-state index in [-0.39, 0.29) is 5.91 Å². The minimum atomic E-state index is -0.243. The maximum absolute atomic E-state index is 12.3. The maximum atomic E-state index is 12.3. The molecule has 0 aliphatic rings. The molecule has 0 saturated heterocycles. The molecule has 1 aromatic carbocycles. The van der Waals surface area contributed by atoms with Gasteiger partial charge in [0.2, 0.25) is 0 Å². The van der Waals surface area contributed by atoms with Crippen molar-refractivity contribution in [2.75, 3.05) is 18.2 Å². The normalized spacial score (nSPS) is 10.5. The average molecular weight is 371 g/mol. The summed E-state index contributed by atoms with van der Waals surface area (Å²) in [4.78, 5) is 21.0. The Labute approximate surface area is 154 Å². The molecular weight excluding hydrogens is 354 g/mol. The third-order valence-electron chi connectivity index (χ3n) is 3.35. The monoisotopic (exact) mass is 371 g/mol. The van der Waals surface area contributed by atoms with Crippen LogP contribution in [0.4, 0.5) is 5.69 Å². The highest BCUT2D eigenvalue weighted by Crippen LogP contribution is 2.26. The summed E-state index contributed by atoms with van der Waals surface area (Å²) in [6.45, 7) is 2.58. The number of amides is 1. The summed E-state index contributed by atoms with van der Waals surface area (Å²) < 4.78 is 5.43. The van der Waals surface area contributed by atoms with Crippen molar-refractivity contribution in [1.82, 2.24) is 9.97 Å². The second-order valence-electron chi connectivity index (χ2n) is 5.04. The molecular formula is C18H17N3O2S2. The lowest BCUT2D eigenvalue weighted by Gasteiger charge is -2.04. The Balaban J connectivity index is 1.70. The van der Waals surface area contributed by atoms with Gasteiger partial charge >= 0.3 is 0 Å². The molecule has 128 valence electrons. The van der Waals surface area contributed by atoms with Gasteiger partial charge in [-0.2, -0.15) is 0 Å². The Morgan fingerprint density at radius 1 is 1.24 bits per heavy atom. The molecule has 2 heterocycles. The third kappa shape index (κ3) is 4.37. The van der Waals surface area contributed by atoms with E-state index in [0.717, 1.165) is 21.3 Å². The highest BCUT2D eigenvalue weighted by molar-refractivity contribution is 7.98. The molecule has 0 aliphatic carbocycles.